The van der Waals surface area contributed by atoms with Crippen LogP contribution < -0.4 is 0 Å². The first kappa shape index (κ1) is 16.6. The monoisotopic (exact) mass is 349 g/mol. The minimum Gasteiger partial charge on any atom is -0.478 e. The molecule has 8 heteroatoms. The molecule has 0 bridgehead atoms. The SMILES string of the molecule is CC1CN(S(=O)(=O)c2cc(C(=O)O)ccc2Cl)CC(C)S1. The van der Waals surface area contributed by atoms with Crippen molar-refractivity contribution >= 4 is 39.4 Å². The Bertz CT molecular complexity index is 652. The number of nitrogens with zero attached hydrogens (tertiary/aromatic N) is 1. The third-order valence-electron chi connectivity index (χ3n) is 3.18. The number of benzene rings is 1. The van der Waals surface area contributed by atoms with E-state index in [1.54, 1.807) is 11.8 Å². The molecule has 21 heavy (non-hydrogen) atoms. The van der Waals surface area contributed by atoms with Crippen molar-refractivity contribution in [2.75, 3.05) is 13.1 Å². The zero-order valence-corrected chi connectivity index (χ0v) is 14.0. The van der Waals surface area contributed by atoms with Crippen molar-refractivity contribution in [1.29, 1.82) is 0 Å². The summed E-state index contributed by atoms with van der Waals surface area (Å²) in [6, 6.07) is 3.72. The van der Waals surface area contributed by atoms with Crippen LogP contribution in [0.4, 0.5) is 0 Å². The standard InChI is InChI=1S/C13H16ClNO4S2/c1-8-6-15(7-9(2)20-8)21(18,19)12-5-10(13(16)17)3-4-11(12)14/h3-5,8-9H,6-7H2,1-2H3,(H,16,17). The molecule has 0 spiro atoms. The van der Waals surface area contributed by atoms with E-state index >= 15 is 0 Å². The van der Waals surface area contributed by atoms with Gasteiger partial charge in [-0.1, -0.05) is 25.4 Å². The summed E-state index contributed by atoms with van der Waals surface area (Å²) in [5.41, 5.74) is -0.0922. The number of hydrogen-bond donors (Lipinski definition) is 1. The molecule has 2 rings (SSSR count). The topological polar surface area (TPSA) is 74.7 Å². The summed E-state index contributed by atoms with van der Waals surface area (Å²) in [4.78, 5) is 10.9. The maximum absolute atomic E-state index is 12.7. The van der Waals surface area contributed by atoms with Gasteiger partial charge in [0.15, 0.2) is 0 Å². The summed E-state index contributed by atoms with van der Waals surface area (Å²) >= 11 is 7.71. The first-order valence-corrected chi connectivity index (χ1v) is 9.16. The lowest BCUT2D eigenvalue weighted by Gasteiger charge is -2.33. The van der Waals surface area contributed by atoms with E-state index in [9.17, 15) is 13.2 Å². The molecule has 1 N–H and O–H groups in total. The molecule has 1 aliphatic rings. The van der Waals surface area contributed by atoms with Crippen LogP contribution in [-0.4, -0.2) is 47.4 Å². The van der Waals surface area contributed by atoms with E-state index in [0.29, 0.717) is 13.1 Å². The Morgan fingerprint density at radius 1 is 1.33 bits per heavy atom. The lowest BCUT2D eigenvalue weighted by molar-refractivity contribution is 0.0696. The van der Waals surface area contributed by atoms with Crippen LogP contribution in [0.5, 0.6) is 0 Å². The zero-order chi connectivity index (χ0) is 15.8. The average molecular weight is 350 g/mol. The molecule has 1 heterocycles. The second-order valence-electron chi connectivity index (χ2n) is 5.03. The molecule has 1 saturated heterocycles. The van der Waals surface area contributed by atoms with Crippen molar-refractivity contribution in [3.05, 3.63) is 28.8 Å². The van der Waals surface area contributed by atoms with Crippen molar-refractivity contribution < 1.29 is 18.3 Å². The van der Waals surface area contributed by atoms with Crippen LogP contribution in [0.25, 0.3) is 0 Å². The van der Waals surface area contributed by atoms with E-state index in [-0.39, 0.29) is 26.0 Å². The first-order chi connectivity index (χ1) is 9.71. The Morgan fingerprint density at radius 2 is 1.90 bits per heavy atom. The van der Waals surface area contributed by atoms with Gasteiger partial charge in [-0.05, 0) is 18.2 Å². The lowest BCUT2D eigenvalue weighted by Crippen LogP contribution is -2.44. The van der Waals surface area contributed by atoms with Crippen LogP contribution in [0, 0.1) is 0 Å². The van der Waals surface area contributed by atoms with Gasteiger partial charge in [-0.2, -0.15) is 16.1 Å². The summed E-state index contributed by atoms with van der Waals surface area (Å²) in [7, 11) is -3.79. The van der Waals surface area contributed by atoms with E-state index in [2.05, 4.69) is 0 Å². The third kappa shape index (κ3) is 3.53. The van der Waals surface area contributed by atoms with E-state index in [0.717, 1.165) is 6.07 Å². The number of sulfonamides is 1. The maximum Gasteiger partial charge on any atom is 0.335 e. The van der Waals surface area contributed by atoms with Gasteiger partial charge in [0.2, 0.25) is 10.0 Å². The van der Waals surface area contributed by atoms with Crippen LogP contribution in [0.15, 0.2) is 23.1 Å². The molecule has 0 aliphatic carbocycles. The number of carboxylic acid groups (broad SMARTS) is 1. The maximum atomic E-state index is 12.7. The highest BCUT2D eigenvalue weighted by Crippen LogP contribution is 2.31. The van der Waals surface area contributed by atoms with Crippen molar-refractivity contribution in [3.8, 4) is 0 Å². The van der Waals surface area contributed by atoms with E-state index < -0.39 is 16.0 Å². The van der Waals surface area contributed by atoms with Crippen LogP contribution in [-0.2, 0) is 10.0 Å². The Morgan fingerprint density at radius 3 is 2.43 bits per heavy atom. The molecule has 1 aliphatic heterocycles. The van der Waals surface area contributed by atoms with Crippen molar-refractivity contribution in [2.45, 2.75) is 29.2 Å². The number of rotatable bonds is 3. The molecule has 2 unspecified atom stereocenters. The molecule has 116 valence electrons. The number of aromatic carboxylic acids is 1. The van der Waals surface area contributed by atoms with Crippen LogP contribution >= 0.6 is 23.4 Å². The fourth-order valence-corrected chi connectivity index (χ4v) is 5.93. The van der Waals surface area contributed by atoms with Gasteiger partial charge in [0.25, 0.3) is 0 Å². The number of halogens is 1. The molecular weight excluding hydrogens is 334 g/mol. The second-order valence-corrected chi connectivity index (χ2v) is 9.22. The van der Waals surface area contributed by atoms with Gasteiger partial charge >= 0.3 is 5.97 Å². The van der Waals surface area contributed by atoms with Gasteiger partial charge in [-0.25, -0.2) is 13.2 Å². The quantitative estimate of drug-likeness (QED) is 0.907. The Hall–Kier alpha value is -0.760. The first-order valence-electron chi connectivity index (χ1n) is 6.40. The molecular formula is C13H16ClNO4S2. The van der Waals surface area contributed by atoms with Crippen LogP contribution in [0.3, 0.4) is 0 Å². The molecule has 1 aromatic carbocycles. The number of thioether (sulfide) groups is 1. The summed E-state index contributed by atoms with van der Waals surface area (Å²) in [5.74, 6) is -1.18. The highest BCUT2D eigenvalue weighted by Gasteiger charge is 2.33. The molecule has 0 radical (unpaired) electrons. The fraction of sp³-hybridized carbons (Fsp3) is 0.462. The number of carboxylic acids is 1. The van der Waals surface area contributed by atoms with Crippen LogP contribution in [0.1, 0.15) is 24.2 Å². The minimum absolute atomic E-state index is 0.0403. The normalized spacial score (nSPS) is 24.0. The zero-order valence-electron chi connectivity index (χ0n) is 11.6. The van der Waals surface area contributed by atoms with Crippen molar-refractivity contribution in [2.24, 2.45) is 0 Å². The van der Waals surface area contributed by atoms with Crippen LogP contribution in [0.2, 0.25) is 5.02 Å². The largest absolute Gasteiger partial charge is 0.478 e. The number of carbonyl (C=O) groups is 1. The summed E-state index contributed by atoms with van der Waals surface area (Å²) in [6.07, 6.45) is 0. The Kier molecular flexibility index (Phi) is 4.87. The summed E-state index contributed by atoms with van der Waals surface area (Å²) < 4.78 is 26.8. The molecule has 0 amide bonds. The molecule has 0 saturated carbocycles. The van der Waals surface area contributed by atoms with Gasteiger partial charge < -0.3 is 5.11 Å². The number of hydrogen-bond acceptors (Lipinski definition) is 4. The lowest BCUT2D eigenvalue weighted by atomic mass is 10.2. The van der Waals surface area contributed by atoms with E-state index in [1.807, 2.05) is 13.8 Å². The smallest absolute Gasteiger partial charge is 0.335 e. The highest BCUT2D eigenvalue weighted by molar-refractivity contribution is 8.00. The molecule has 1 fully saturated rings. The van der Waals surface area contributed by atoms with Gasteiger partial charge in [0.1, 0.15) is 4.90 Å². The minimum atomic E-state index is -3.79. The highest BCUT2D eigenvalue weighted by atomic mass is 35.5. The van der Waals surface area contributed by atoms with Crippen molar-refractivity contribution in [1.82, 2.24) is 4.31 Å². The van der Waals surface area contributed by atoms with Gasteiger partial charge in [-0.3, -0.25) is 0 Å². The van der Waals surface area contributed by atoms with Gasteiger partial charge in [0, 0.05) is 23.6 Å². The predicted octanol–water partition coefficient (Wildman–Crippen LogP) is 2.55. The summed E-state index contributed by atoms with van der Waals surface area (Å²) in [5, 5.41) is 9.42. The molecule has 1 aromatic rings. The Labute approximate surface area is 133 Å². The third-order valence-corrected chi connectivity index (χ3v) is 6.72. The molecule has 0 aromatic heterocycles. The fourth-order valence-electron chi connectivity index (χ4n) is 2.30. The van der Waals surface area contributed by atoms with Crippen molar-refractivity contribution in [3.63, 3.8) is 0 Å². The predicted molar refractivity (Wildman–Crippen MR) is 83.7 cm³/mol. The van der Waals surface area contributed by atoms with E-state index in [4.69, 9.17) is 16.7 Å². The average Bonchev–Trinajstić information content (AvgIpc) is 2.37. The molecule has 2 atom stereocenters. The van der Waals surface area contributed by atoms with Gasteiger partial charge in [0.05, 0.1) is 10.6 Å². The van der Waals surface area contributed by atoms with E-state index in [1.165, 1.54) is 16.4 Å². The summed E-state index contributed by atoms with van der Waals surface area (Å²) in [6.45, 7) is 4.73. The molecule has 5 nitrogen and oxygen atoms in total. The van der Waals surface area contributed by atoms with Gasteiger partial charge in [-0.15, -0.1) is 0 Å². The second kappa shape index (κ2) is 6.16. The Balaban J connectivity index is 2.44.